The first-order chi connectivity index (χ1) is 11.0. The summed E-state index contributed by atoms with van der Waals surface area (Å²) >= 11 is 0. The fraction of sp³-hybridized carbons (Fsp3) is 0.267. The minimum Gasteiger partial charge on any atom is -0.355 e. The van der Waals surface area contributed by atoms with Crippen LogP contribution in [0.4, 0.5) is 0 Å². The molecule has 0 aliphatic rings. The number of hydrogen-bond donors (Lipinski definition) is 3. The molecule has 0 amide bonds. The van der Waals surface area contributed by atoms with Gasteiger partial charge in [0.15, 0.2) is 5.96 Å². The average Bonchev–Trinajstić information content (AvgIpc) is 3.03. The Morgan fingerprint density at radius 2 is 1.96 bits per heavy atom. The molecule has 1 heterocycles. The number of sulfonamides is 1. The van der Waals surface area contributed by atoms with Gasteiger partial charge in [0.05, 0.1) is 4.90 Å². The summed E-state index contributed by atoms with van der Waals surface area (Å²) in [7, 11) is -2.00. The molecule has 0 unspecified atom stereocenters. The van der Waals surface area contributed by atoms with Gasteiger partial charge in [-0.15, -0.1) is 0 Å². The molecule has 8 heteroatoms. The molecule has 0 bridgehead atoms. The van der Waals surface area contributed by atoms with Crippen molar-refractivity contribution in [1.82, 2.24) is 15.2 Å². The van der Waals surface area contributed by atoms with Crippen LogP contribution in [-0.2, 0) is 23.1 Å². The summed E-state index contributed by atoms with van der Waals surface area (Å²) in [5.74, 6) is 0.651. The van der Waals surface area contributed by atoms with E-state index in [0.717, 1.165) is 18.7 Å². The van der Waals surface area contributed by atoms with Crippen LogP contribution in [0.3, 0.4) is 0 Å². The van der Waals surface area contributed by atoms with Crippen LogP contribution in [0.5, 0.6) is 0 Å². The second kappa shape index (κ2) is 7.80. The van der Waals surface area contributed by atoms with Crippen LogP contribution in [0.25, 0.3) is 0 Å². The van der Waals surface area contributed by atoms with Gasteiger partial charge in [0, 0.05) is 39.1 Å². The zero-order valence-corrected chi connectivity index (χ0v) is 13.8. The number of primary sulfonamides is 1. The van der Waals surface area contributed by atoms with E-state index in [2.05, 4.69) is 20.2 Å². The Morgan fingerprint density at radius 3 is 2.61 bits per heavy atom. The molecule has 23 heavy (non-hydrogen) atoms. The van der Waals surface area contributed by atoms with Gasteiger partial charge in [-0.2, -0.15) is 0 Å². The smallest absolute Gasteiger partial charge is 0.238 e. The number of benzene rings is 1. The molecule has 4 N–H and O–H groups in total. The van der Waals surface area contributed by atoms with Gasteiger partial charge in [-0.3, -0.25) is 4.99 Å². The highest BCUT2D eigenvalue weighted by Crippen LogP contribution is 2.09. The highest BCUT2D eigenvalue weighted by Gasteiger charge is 2.08. The Bertz CT molecular complexity index is 754. The summed E-state index contributed by atoms with van der Waals surface area (Å²) in [6.45, 7) is 2.01. The van der Waals surface area contributed by atoms with Crippen molar-refractivity contribution in [2.45, 2.75) is 18.0 Å². The number of hydrogen-bond acceptors (Lipinski definition) is 3. The Kier molecular flexibility index (Phi) is 5.78. The number of aromatic nitrogens is 1. The maximum Gasteiger partial charge on any atom is 0.238 e. The fourth-order valence-corrected chi connectivity index (χ4v) is 2.65. The third kappa shape index (κ3) is 5.42. The lowest BCUT2D eigenvalue weighted by Crippen LogP contribution is -2.38. The van der Waals surface area contributed by atoms with Gasteiger partial charge < -0.3 is 15.2 Å². The lowest BCUT2D eigenvalue weighted by molar-refractivity contribution is 0.597. The topological polar surface area (TPSA) is 102 Å². The Hall–Kier alpha value is -2.32. The summed E-state index contributed by atoms with van der Waals surface area (Å²) in [6.07, 6.45) is 3.99. The van der Waals surface area contributed by atoms with Gasteiger partial charge in [0.25, 0.3) is 0 Å². The van der Waals surface area contributed by atoms with Crippen LogP contribution in [0, 0.1) is 0 Å². The normalized spacial score (nSPS) is 12.2. The number of nitrogens with one attached hydrogen (secondary N) is 2. The molecular weight excluding hydrogens is 314 g/mol. The van der Waals surface area contributed by atoms with Crippen LogP contribution in [0.1, 0.15) is 5.56 Å². The van der Waals surface area contributed by atoms with E-state index in [1.807, 2.05) is 30.6 Å². The number of nitrogens with two attached hydrogens (primary N) is 1. The van der Waals surface area contributed by atoms with E-state index in [1.165, 1.54) is 6.07 Å². The molecule has 0 spiro atoms. The van der Waals surface area contributed by atoms with Gasteiger partial charge in [-0.25, -0.2) is 13.6 Å². The standard InChI is InChI=1S/C15H21N5O2S/c1-17-15(18-7-10-20-8-2-3-9-20)19-12-13-5-4-6-14(11-13)23(16,21)22/h2-6,8-9,11H,7,10,12H2,1H3,(H2,16,21,22)(H2,17,18,19). The maximum atomic E-state index is 11.4. The Labute approximate surface area is 136 Å². The van der Waals surface area contributed by atoms with Crippen LogP contribution < -0.4 is 15.8 Å². The summed E-state index contributed by atoms with van der Waals surface area (Å²) < 4.78 is 24.8. The van der Waals surface area contributed by atoms with Crippen LogP contribution in [0.15, 0.2) is 58.7 Å². The maximum absolute atomic E-state index is 11.4. The second-order valence-corrected chi connectivity index (χ2v) is 6.53. The average molecular weight is 335 g/mol. The van der Waals surface area contributed by atoms with E-state index < -0.39 is 10.0 Å². The van der Waals surface area contributed by atoms with E-state index >= 15 is 0 Å². The quantitative estimate of drug-likeness (QED) is 0.528. The first-order valence-electron chi connectivity index (χ1n) is 7.16. The molecule has 0 radical (unpaired) electrons. The molecular formula is C15H21N5O2S. The first-order valence-corrected chi connectivity index (χ1v) is 8.70. The molecule has 0 saturated carbocycles. The summed E-state index contributed by atoms with van der Waals surface area (Å²) in [5.41, 5.74) is 0.810. The zero-order valence-electron chi connectivity index (χ0n) is 12.9. The van der Waals surface area contributed by atoms with Crippen molar-refractivity contribution in [3.63, 3.8) is 0 Å². The summed E-state index contributed by atoms with van der Waals surface area (Å²) in [6, 6.07) is 10.5. The third-order valence-corrected chi connectivity index (χ3v) is 4.15. The van der Waals surface area contributed by atoms with Crippen molar-refractivity contribution in [2.75, 3.05) is 13.6 Å². The van der Waals surface area contributed by atoms with Crippen molar-refractivity contribution in [3.05, 3.63) is 54.4 Å². The van der Waals surface area contributed by atoms with Crippen molar-refractivity contribution in [3.8, 4) is 0 Å². The van der Waals surface area contributed by atoms with Gasteiger partial charge in [0.1, 0.15) is 0 Å². The van der Waals surface area contributed by atoms with E-state index in [9.17, 15) is 8.42 Å². The zero-order chi connectivity index (χ0) is 16.7. The second-order valence-electron chi connectivity index (χ2n) is 4.97. The minimum atomic E-state index is -3.69. The van der Waals surface area contributed by atoms with Gasteiger partial charge in [-0.1, -0.05) is 12.1 Å². The number of guanidine groups is 1. The van der Waals surface area contributed by atoms with E-state index in [0.29, 0.717) is 12.5 Å². The van der Waals surface area contributed by atoms with Gasteiger partial charge in [-0.05, 0) is 29.8 Å². The predicted molar refractivity (Wildman–Crippen MR) is 90.4 cm³/mol. The van der Waals surface area contributed by atoms with Crippen molar-refractivity contribution < 1.29 is 8.42 Å². The van der Waals surface area contributed by atoms with Crippen molar-refractivity contribution >= 4 is 16.0 Å². The molecule has 0 fully saturated rings. The fourth-order valence-electron chi connectivity index (χ4n) is 2.06. The van der Waals surface area contributed by atoms with Gasteiger partial charge in [0.2, 0.25) is 10.0 Å². The molecule has 2 aromatic rings. The van der Waals surface area contributed by atoms with Crippen LogP contribution in [-0.4, -0.2) is 32.5 Å². The van der Waals surface area contributed by atoms with Crippen LogP contribution in [0.2, 0.25) is 0 Å². The predicted octanol–water partition coefficient (Wildman–Crippen LogP) is 0.501. The lowest BCUT2D eigenvalue weighted by atomic mass is 10.2. The molecule has 124 valence electrons. The van der Waals surface area contributed by atoms with E-state index in [1.54, 1.807) is 19.2 Å². The highest BCUT2D eigenvalue weighted by molar-refractivity contribution is 7.89. The van der Waals surface area contributed by atoms with Crippen molar-refractivity contribution in [1.29, 1.82) is 0 Å². The monoisotopic (exact) mass is 335 g/mol. The van der Waals surface area contributed by atoms with Crippen LogP contribution >= 0.6 is 0 Å². The van der Waals surface area contributed by atoms with Crippen molar-refractivity contribution in [2.24, 2.45) is 10.1 Å². The largest absolute Gasteiger partial charge is 0.355 e. The third-order valence-electron chi connectivity index (χ3n) is 3.24. The van der Waals surface area contributed by atoms with E-state index in [4.69, 9.17) is 5.14 Å². The Balaban J connectivity index is 1.86. The molecule has 7 nitrogen and oxygen atoms in total. The lowest BCUT2D eigenvalue weighted by Gasteiger charge is -2.12. The molecule has 0 atom stereocenters. The summed E-state index contributed by atoms with van der Waals surface area (Å²) in [4.78, 5) is 4.24. The molecule has 2 rings (SSSR count). The molecule has 1 aromatic carbocycles. The molecule has 1 aromatic heterocycles. The number of aliphatic imine (C=N–C) groups is 1. The molecule has 0 aliphatic carbocycles. The van der Waals surface area contributed by atoms with Gasteiger partial charge >= 0.3 is 0 Å². The number of rotatable bonds is 6. The summed E-state index contributed by atoms with van der Waals surface area (Å²) in [5, 5.41) is 11.5. The van der Waals surface area contributed by atoms with E-state index in [-0.39, 0.29) is 4.90 Å². The molecule has 0 aliphatic heterocycles. The highest BCUT2D eigenvalue weighted by atomic mass is 32.2. The SMILES string of the molecule is CN=C(NCCn1cccc1)NCc1cccc(S(N)(=O)=O)c1. The number of nitrogens with zero attached hydrogens (tertiary/aromatic N) is 2. The molecule has 0 saturated heterocycles. The minimum absolute atomic E-state index is 0.104. The first kappa shape index (κ1) is 17.0. The Morgan fingerprint density at radius 1 is 1.22 bits per heavy atom.